The van der Waals surface area contributed by atoms with Gasteiger partial charge in [-0.05, 0) is 42.8 Å². The molecule has 0 spiro atoms. The third-order valence-electron chi connectivity index (χ3n) is 3.19. The minimum Gasteiger partial charge on any atom is -0.207 e. The fourth-order valence-corrected chi connectivity index (χ4v) is 2.20. The van der Waals surface area contributed by atoms with Crippen molar-refractivity contribution >= 4 is 10.9 Å². The molecule has 0 saturated carbocycles. The van der Waals surface area contributed by atoms with Crippen LogP contribution in [-0.2, 0) is 0 Å². The number of rotatable bonds is 1. The van der Waals surface area contributed by atoms with Crippen LogP contribution in [0.2, 0.25) is 0 Å². The van der Waals surface area contributed by atoms with Gasteiger partial charge in [0.1, 0.15) is 11.5 Å². The number of benzene rings is 2. The second kappa shape index (κ2) is 4.16. The molecule has 0 aliphatic carbocycles. The molecule has 0 radical (unpaired) electrons. The largest absolute Gasteiger partial charge is 0.207 e. The van der Waals surface area contributed by atoms with Crippen molar-refractivity contribution in [1.82, 2.24) is 4.79 Å². The average Bonchev–Trinajstić information content (AvgIpc) is 2.66. The van der Waals surface area contributed by atoms with E-state index in [1.807, 2.05) is 0 Å². The highest BCUT2D eigenvalue weighted by Crippen LogP contribution is 2.33. The first kappa shape index (κ1) is 11.8. The van der Waals surface area contributed by atoms with E-state index >= 15 is 0 Å². The molecule has 0 saturated heterocycles. The lowest BCUT2D eigenvalue weighted by molar-refractivity contribution is 0.389. The number of hydrogen-bond donors (Lipinski definition) is 0. The zero-order valence-electron chi connectivity index (χ0n) is 10.1. The number of para-hydroxylation sites is 1. The molecule has 0 aliphatic rings. The van der Waals surface area contributed by atoms with Gasteiger partial charge in [-0.25, -0.2) is 8.78 Å². The van der Waals surface area contributed by atoms with Crippen molar-refractivity contribution in [2.24, 2.45) is 0 Å². The van der Waals surface area contributed by atoms with Crippen LogP contribution in [-0.4, -0.2) is 4.79 Å². The maximum atomic E-state index is 14.3. The van der Waals surface area contributed by atoms with Gasteiger partial charge in [-0.15, -0.1) is 0 Å². The summed E-state index contributed by atoms with van der Waals surface area (Å²) in [4.78, 5) is 0.303. The summed E-state index contributed by atoms with van der Waals surface area (Å²) >= 11 is 0. The Labute approximate surface area is 107 Å². The number of aryl methyl sites for hydroxylation is 1. The van der Waals surface area contributed by atoms with E-state index < -0.39 is 11.6 Å². The summed E-state index contributed by atoms with van der Waals surface area (Å²) in [6.45, 7) is 1.56. The molecule has 0 amide bonds. The predicted octanol–water partition coefficient (Wildman–Crippen LogP) is 4.63. The van der Waals surface area contributed by atoms with Gasteiger partial charge in [0.25, 0.3) is 0 Å². The molecule has 0 bridgehead atoms. The van der Waals surface area contributed by atoms with E-state index in [9.17, 15) is 13.3 Å². The van der Waals surface area contributed by atoms with Crippen LogP contribution in [0.3, 0.4) is 0 Å². The van der Waals surface area contributed by atoms with Crippen molar-refractivity contribution < 1.29 is 13.3 Å². The predicted molar refractivity (Wildman–Crippen MR) is 68.5 cm³/mol. The molecular formula is C15H10F3N. The van der Waals surface area contributed by atoms with Crippen LogP contribution in [0.5, 0.6) is 0 Å². The summed E-state index contributed by atoms with van der Waals surface area (Å²) in [5.41, 5.74) is 0.651. The summed E-state index contributed by atoms with van der Waals surface area (Å²) in [5, 5.41) is 0.210. The number of hydrogen-bond acceptors (Lipinski definition) is 0. The van der Waals surface area contributed by atoms with Crippen LogP contribution in [0.4, 0.5) is 13.3 Å². The maximum absolute atomic E-state index is 14.3. The smallest absolute Gasteiger partial charge is 0.159 e. The quantitative estimate of drug-likeness (QED) is 0.602. The van der Waals surface area contributed by atoms with Gasteiger partial charge in [0.2, 0.25) is 0 Å². The van der Waals surface area contributed by atoms with Gasteiger partial charge in [0.15, 0.2) is 5.82 Å². The zero-order chi connectivity index (χ0) is 13.6. The van der Waals surface area contributed by atoms with Crippen molar-refractivity contribution in [3.8, 4) is 11.3 Å². The van der Waals surface area contributed by atoms with Crippen LogP contribution in [0.15, 0.2) is 42.5 Å². The molecule has 3 rings (SSSR count). The lowest BCUT2D eigenvalue weighted by Gasteiger charge is -2.03. The molecule has 0 N–H and O–H groups in total. The van der Waals surface area contributed by atoms with Gasteiger partial charge in [-0.3, -0.25) is 0 Å². The molecule has 19 heavy (non-hydrogen) atoms. The Morgan fingerprint density at radius 1 is 1.00 bits per heavy atom. The minimum atomic E-state index is -0.635. The third-order valence-corrected chi connectivity index (χ3v) is 3.19. The minimum absolute atomic E-state index is 0.164. The Bertz CT molecular complexity index is 735. The van der Waals surface area contributed by atoms with Gasteiger partial charge >= 0.3 is 0 Å². The summed E-state index contributed by atoms with van der Waals surface area (Å²) < 4.78 is 41.7. The highest BCUT2D eigenvalue weighted by Gasteiger charge is 2.19. The third kappa shape index (κ3) is 1.71. The Hall–Kier alpha value is -2.23. The number of fused-ring (bicyclic) bond motifs is 1. The van der Waals surface area contributed by atoms with Crippen molar-refractivity contribution in [1.29, 1.82) is 0 Å². The van der Waals surface area contributed by atoms with Gasteiger partial charge in [0.05, 0.1) is 5.52 Å². The molecule has 3 aromatic rings. The summed E-state index contributed by atoms with van der Waals surface area (Å²) in [7, 11) is 0. The Morgan fingerprint density at radius 2 is 1.74 bits per heavy atom. The van der Waals surface area contributed by atoms with E-state index in [1.54, 1.807) is 19.1 Å². The van der Waals surface area contributed by atoms with Crippen LogP contribution < -0.4 is 0 Å². The number of aromatic nitrogens is 1. The maximum Gasteiger partial charge on any atom is 0.159 e. The fourth-order valence-electron chi connectivity index (χ4n) is 2.20. The average molecular weight is 261 g/mol. The molecule has 1 heterocycles. The van der Waals surface area contributed by atoms with Gasteiger partial charge in [0, 0.05) is 10.9 Å². The first-order chi connectivity index (χ1) is 9.09. The van der Waals surface area contributed by atoms with E-state index in [0.717, 1.165) is 0 Å². The van der Waals surface area contributed by atoms with Crippen LogP contribution in [0.1, 0.15) is 5.56 Å². The van der Waals surface area contributed by atoms with E-state index in [-0.39, 0.29) is 16.6 Å². The van der Waals surface area contributed by atoms with Crippen molar-refractivity contribution in [3.63, 3.8) is 0 Å². The highest BCUT2D eigenvalue weighted by atomic mass is 19.2. The zero-order valence-corrected chi connectivity index (χ0v) is 10.1. The fraction of sp³-hybridized carbons (Fsp3) is 0.0667. The first-order valence-corrected chi connectivity index (χ1v) is 5.81. The van der Waals surface area contributed by atoms with Crippen LogP contribution >= 0.6 is 0 Å². The molecule has 0 atom stereocenters. The second-order valence-corrected chi connectivity index (χ2v) is 4.42. The Balaban J connectivity index is 2.33. The van der Waals surface area contributed by atoms with E-state index in [1.165, 1.54) is 30.3 Å². The van der Waals surface area contributed by atoms with Gasteiger partial charge < -0.3 is 0 Å². The summed E-state index contributed by atoms with van der Waals surface area (Å²) in [6.07, 6.45) is 0. The molecule has 1 aromatic heterocycles. The Kier molecular flexibility index (Phi) is 2.59. The monoisotopic (exact) mass is 261 g/mol. The molecular weight excluding hydrogens is 251 g/mol. The van der Waals surface area contributed by atoms with Crippen molar-refractivity contribution in [2.45, 2.75) is 6.92 Å². The SMILES string of the molecule is Cc1cc(-c2c(F)c3ccccc3n2F)ccc1F. The molecule has 0 fully saturated rings. The second-order valence-electron chi connectivity index (χ2n) is 4.42. The van der Waals surface area contributed by atoms with Crippen LogP contribution in [0, 0.1) is 18.6 Å². The van der Waals surface area contributed by atoms with E-state index in [0.29, 0.717) is 15.9 Å². The number of nitrogens with zero attached hydrogens (tertiary/aromatic N) is 1. The van der Waals surface area contributed by atoms with Gasteiger partial charge in [-0.1, -0.05) is 16.6 Å². The topological polar surface area (TPSA) is 4.93 Å². The molecule has 1 nitrogen and oxygen atoms in total. The van der Waals surface area contributed by atoms with Gasteiger partial charge in [-0.2, -0.15) is 4.79 Å². The summed E-state index contributed by atoms with van der Waals surface area (Å²) in [6, 6.07) is 10.3. The molecule has 4 heteroatoms. The highest BCUT2D eigenvalue weighted by molar-refractivity contribution is 5.87. The number of halogens is 3. The van der Waals surface area contributed by atoms with Crippen molar-refractivity contribution in [2.75, 3.05) is 0 Å². The first-order valence-electron chi connectivity index (χ1n) is 5.81. The lowest BCUT2D eigenvalue weighted by Crippen LogP contribution is -1.91. The molecule has 0 unspecified atom stereocenters. The van der Waals surface area contributed by atoms with E-state index in [4.69, 9.17) is 0 Å². The van der Waals surface area contributed by atoms with Crippen molar-refractivity contribution in [3.05, 3.63) is 59.7 Å². The molecule has 96 valence electrons. The normalized spacial score (nSPS) is 11.2. The lowest BCUT2D eigenvalue weighted by atomic mass is 10.1. The van der Waals surface area contributed by atoms with E-state index in [2.05, 4.69) is 0 Å². The molecule has 0 aliphatic heterocycles. The Morgan fingerprint density at radius 3 is 2.42 bits per heavy atom. The molecule has 2 aromatic carbocycles. The standard InChI is InChI=1S/C15H10F3N/c1-9-8-10(6-7-12(9)16)15-14(17)11-4-2-3-5-13(11)19(15)18/h2-8H,1H3. The van der Waals surface area contributed by atoms with Crippen LogP contribution in [0.25, 0.3) is 22.2 Å². The summed E-state index contributed by atoms with van der Waals surface area (Å²) in [5.74, 6) is -1.03.